The van der Waals surface area contributed by atoms with Crippen LogP contribution in [-0.4, -0.2) is 37.8 Å². The van der Waals surface area contributed by atoms with E-state index >= 15 is 0 Å². The molecule has 122 valence electrons. The number of aryl methyl sites for hydroxylation is 1. The van der Waals surface area contributed by atoms with E-state index in [1.54, 1.807) is 0 Å². The van der Waals surface area contributed by atoms with Gasteiger partial charge >= 0.3 is 0 Å². The van der Waals surface area contributed by atoms with Crippen LogP contribution in [0.2, 0.25) is 0 Å². The summed E-state index contributed by atoms with van der Waals surface area (Å²) >= 11 is 0. The Balaban J connectivity index is 1.66. The quantitative estimate of drug-likeness (QED) is 0.838. The second kappa shape index (κ2) is 6.02. The average Bonchev–Trinajstić information content (AvgIpc) is 3.16. The van der Waals surface area contributed by atoms with Gasteiger partial charge in [-0.15, -0.1) is 0 Å². The smallest absolute Gasteiger partial charge is 0.280 e. The molecule has 2 atom stereocenters. The zero-order chi connectivity index (χ0) is 15.7. The van der Waals surface area contributed by atoms with Crippen molar-refractivity contribution in [1.29, 1.82) is 0 Å². The van der Waals surface area contributed by atoms with Crippen LogP contribution in [0, 0.1) is 6.92 Å². The number of hydrogen-bond acceptors (Lipinski definition) is 4. The van der Waals surface area contributed by atoms with Gasteiger partial charge in [0.25, 0.3) is 10.2 Å². The van der Waals surface area contributed by atoms with E-state index < -0.39 is 10.2 Å². The molecule has 2 N–H and O–H groups in total. The Morgan fingerprint density at radius 3 is 2.86 bits per heavy atom. The maximum Gasteiger partial charge on any atom is 0.280 e. The van der Waals surface area contributed by atoms with Gasteiger partial charge in [-0.25, -0.2) is 4.72 Å². The summed E-state index contributed by atoms with van der Waals surface area (Å²) in [7, 11) is -3.58. The molecule has 1 aromatic heterocycles. The Morgan fingerprint density at radius 1 is 1.41 bits per heavy atom. The van der Waals surface area contributed by atoms with Crippen molar-refractivity contribution < 1.29 is 17.6 Å². The minimum absolute atomic E-state index is 0.0192. The van der Waals surface area contributed by atoms with E-state index in [0.29, 0.717) is 25.1 Å². The van der Waals surface area contributed by atoms with E-state index in [0.717, 1.165) is 18.6 Å². The minimum atomic E-state index is -3.58. The number of hydrogen-bond donors (Lipinski definition) is 2. The standard InChI is InChI=1S/C14H21N3O4S/c1-10-4-6-13(21-10)12-3-2-8-17(12)22(19,20)15-9-11-5-7-14(18)16-11/h4,6,11-12,15H,2-3,5,7-9H2,1H3,(H,16,18). The van der Waals surface area contributed by atoms with Gasteiger partial charge in [0.05, 0.1) is 6.04 Å². The largest absolute Gasteiger partial charge is 0.465 e. The molecule has 3 rings (SSSR count). The first-order valence-electron chi connectivity index (χ1n) is 7.58. The van der Waals surface area contributed by atoms with Crippen LogP contribution in [0.25, 0.3) is 0 Å². The first-order valence-corrected chi connectivity index (χ1v) is 9.02. The average molecular weight is 327 g/mol. The molecule has 2 aliphatic rings. The molecule has 8 heteroatoms. The second-order valence-electron chi connectivity index (χ2n) is 5.87. The highest BCUT2D eigenvalue weighted by Crippen LogP contribution is 2.34. The summed E-state index contributed by atoms with van der Waals surface area (Å²) in [5.41, 5.74) is 0. The molecule has 0 aromatic carbocycles. The van der Waals surface area contributed by atoms with Crippen molar-refractivity contribution in [2.24, 2.45) is 0 Å². The predicted octanol–water partition coefficient (Wildman–Crippen LogP) is 0.838. The number of nitrogens with zero attached hydrogens (tertiary/aromatic N) is 1. The summed E-state index contributed by atoms with van der Waals surface area (Å²) < 4.78 is 34.7. The van der Waals surface area contributed by atoms with Crippen LogP contribution in [0.5, 0.6) is 0 Å². The van der Waals surface area contributed by atoms with Crippen LogP contribution < -0.4 is 10.0 Å². The number of nitrogens with one attached hydrogen (secondary N) is 2. The molecular formula is C14H21N3O4S. The Bertz CT molecular complexity index is 655. The summed E-state index contributed by atoms with van der Waals surface area (Å²) in [4.78, 5) is 11.2. The lowest BCUT2D eigenvalue weighted by atomic mass is 10.2. The highest BCUT2D eigenvalue weighted by Gasteiger charge is 2.37. The zero-order valence-electron chi connectivity index (χ0n) is 12.5. The molecule has 0 spiro atoms. The minimum Gasteiger partial charge on any atom is -0.465 e. The van der Waals surface area contributed by atoms with Crippen molar-refractivity contribution in [1.82, 2.24) is 14.3 Å². The molecular weight excluding hydrogens is 306 g/mol. The number of carbonyl (C=O) groups is 1. The Labute approximate surface area is 130 Å². The van der Waals surface area contributed by atoms with E-state index in [4.69, 9.17) is 4.42 Å². The molecule has 2 aliphatic heterocycles. The maximum absolute atomic E-state index is 12.5. The van der Waals surface area contributed by atoms with Crippen molar-refractivity contribution in [3.8, 4) is 0 Å². The number of rotatable bonds is 5. The molecule has 2 unspecified atom stereocenters. The van der Waals surface area contributed by atoms with E-state index in [2.05, 4.69) is 10.0 Å². The molecule has 0 saturated carbocycles. The molecule has 0 aliphatic carbocycles. The molecule has 1 aromatic rings. The highest BCUT2D eigenvalue weighted by atomic mass is 32.2. The van der Waals surface area contributed by atoms with Crippen LogP contribution >= 0.6 is 0 Å². The van der Waals surface area contributed by atoms with Crippen molar-refractivity contribution in [3.63, 3.8) is 0 Å². The lowest BCUT2D eigenvalue weighted by Crippen LogP contribution is -2.45. The lowest BCUT2D eigenvalue weighted by molar-refractivity contribution is -0.119. The summed E-state index contributed by atoms with van der Waals surface area (Å²) in [6.07, 6.45) is 2.70. The Morgan fingerprint density at radius 2 is 2.23 bits per heavy atom. The van der Waals surface area contributed by atoms with Gasteiger partial charge < -0.3 is 9.73 Å². The van der Waals surface area contributed by atoms with Gasteiger partial charge in [0.15, 0.2) is 0 Å². The lowest BCUT2D eigenvalue weighted by Gasteiger charge is -2.23. The fourth-order valence-electron chi connectivity index (χ4n) is 3.06. The van der Waals surface area contributed by atoms with E-state index in [9.17, 15) is 13.2 Å². The van der Waals surface area contributed by atoms with Crippen LogP contribution in [0.4, 0.5) is 0 Å². The van der Waals surface area contributed by atoms with E-state index in [-0.39, 0.29) is 24.5 Å². The summed E-state index contributed by atoms with van der Waals surface area (Å²) in [5.74, 6) is 1.45. The Hall–Kier alpha value is -1.38. The van der Waals surface area contributed by atoms with Gasteiger partial charge in [-0.1, -0.05) is 0 Å². The van der Waals surface area contributed by atoms with Gasteiger partial charge in [0.2, 0.25) is 5.91 Å². The first kappa shape index (κ1) is 15.5. The van der Waals surface area contributed by atoms with Crippen LogP contribution in [0.1, 0.15) is 43.2 Å². The molecule has 0 radical (unpaired) electrons. The summed E-state index contributed by atoms with van der Waals surface area (Å²) in [6, 6.07) is 3.32. The van der Waals surface area contributed by atoms with Gasteiger partial charge in [-0.2, -0.15) is 12.7 Å². The Kier molecular flexibility index (Phi) is 4.24. The summed E-state index contributed by atoms with van der Waals surface area (Å²) in [5, 5.41) is 2.76. The zero-order valence-corrected chi connectivity index (χ0v) is 13.4. The molecule has 7 nitrogen and oxygen atoms in total. The van der Waals surface area contributed by atoms with Gasteiger partial charge in [0.1, 0.15) is 11.5 Å². The SMILES string of the molecule is Cc1ccc(C2CCCN2S(=O)(=O)NCC2CCC(=O)N2)o1. The number of amides is 1. The van der Waals surface area contributed by atoms with Gasteiger partial charge in [-0.05, 0) is 38.3 Å². The van der Waals surface area contributed by atoms with Crippen LogP contribution in [-0.2, 0) is 15.0 Å². The highest BCUT2D eigenvalue weighted by molar-refractivity contribution is 7.87. The fraction of sp³-hybridized carbons (Fsp3) is 0.643. The molecule has 22 heavy (non-hydrogen) atoms. The van der Waals surface area contributed by atoms with Gasteiger partial charge in [0, 0.05) is 25.6 Å². The maximum atomic E-state index is 12.5. The predicted molar refractivity (Wildman–Crippen MR) is 80.2 cm³/mol. The monoisotopic (exact) mass is 327 g/mol. The second-order valence-corrected chi connectivity index (χ2v) is 7.58. The van der Waals surface area contributed by atoms with Crippen molar-refractivity contribution in [2.75, 3.05) is 13.1 Å². The topological polar surface area (TPSA) is 91.7 Å². The fourth-order valence-corrected chi connectivity index (χ4v) is 4.56. The third kappa shape index (κ3) is 3.18. The molecule has 3 heterocycles. The van der Waals surface area contributed by atoms with E-state index in [1.807, 2.05) is 19.1 Å². The van der Waals surface area contributed by atoms with E-state index in [1.165, 1.54) is 4.31 Å². The number of furan rings is 1. The van der Waals surface area contributed by atoms with Crippen molar-refractivity contribution in [3.05, 3.63) is 23.7 Å². The van der Waals surface area contributed by atoms with Gasteiger partial charge in [-0.3, -0.25) is 4.79 Å². The molecule has 1 amide bonds. The van der Waals surface area contributed by atoms with Crippen LogP contribution in [0.3, 0.4) is 0 Å². The molecule has 2 saturated heterocycles. The summed E-state index contributed by atoms with van der Waals surface area (Å²) in [6.45, 7) is 2.56. The third-order valence-electron chi connectivity index (χ3n) is 4.20. The van der Waals surface area contributed by atoms with Crippen molar-refractivity contribution >= 4 is 16.1 Å². The molecule has 2 fully saturated rings. The third-order valence-corrected chi connectivity index (χ3v) is 5.79. The normalized spacial score (nSPS) is 26.5. The molecule has 0 bridgehead atoms. The number of carbonyl (C=O) groups excluding carboxylic acids is 1. The van der Waals surface area contributed by atoms with Crippen molar-refractivity contribution in [2.45, 2.75) is 44.7 Å². The van der Waals surface area contributed by atoms with Crippen LogP contribution in [0.15, 0.2) is 16.5 Å². The first-order chi connectivity index (χ1) is 10.5.